The molecule has 0 spiro atoms. The van der Waals surface area contributed by atoms with Crippen LogP contribution in [0.3, 0.4) is 0 Å². The molecule has 1 aliphatic rings. The summed E-state index contributed by atoms with van der Waals surface area (Å²) < 4.78 is 5.81. The number of nitrogens with one attached hydrogen (secondary N) is 1. The van der Waals surface area contributed by atoms with E-state index in [2.05, 4.69) is 41.4 Å². The molecule has 4 heteroatoms. The Kier molecular flexibility index (Phi) is 5.02. The summed E-state index contributed by atoms with van der Waals surface area (Å²) in [6.07, 6.45) is 2.28. The average Bonchev–Trinajstić information content (AvgIpc) is 2.87. The van der Waals surface area contributed by atoms with E-state index in [0.29, 0.717) is 6.54 Å². The number of nitrogens with two attached hydrogens (primary N) is 1. The molecule has 112 valence electrons. The van der Waals surface area contributed by atoms with E-state index >= 15 is 0 Å². The van der Waals surface area contributed by atoms with Crippen molar-refractivity contribution in [1.82, 2.24) is 5.32 Å². The number of ether oxygens (including phenoxy) is 1. The molecule has 0 bridgehead atoms. The Bertz CT molecular complexity index is 410. The molecule has 1 aromatic carbocycles. The zero-order chi connectivity index (χ0) is 14.6. The molecule has 0 amide bonds. The highest BCUT2D eigenvalue weighted by atomic mass is 16.5. The highest BCUT2D eigenvalue weighted by molar-refractivity contribution is 5.46. The maximum absolute atomic E-state index is 5.92. The van der Waals surface area contributed by atoms with Crippen molar-refractivity contribution in [2.75, 3.05) is 38.7 Å². The second-order valence-electron chi connectivity index (χ2n) is 6.06. The van der Waals surface area contributed by atoms with Gasteiger partial charge >= 0.3 is 0 Å². The summed E-state index contributed by atoms with van der Waals surface area (Å²) >= 11 is 0. The molecule has 1 aromatic rings. The van der Waals surface area contributed by atoms with E-state index in [0.717, 1.165) is 26.0 Å². The van der Waals surface area contributed by atoms with Gasteiger partial charge in [-0.3, -0.25) is 0 Å². The first-order chi connectivity index (χ1) is 9.54. The SMILES string of the molecule is CN(C)c1ccc(C(CN)NCC2(C)CCCO2)cc1. The van der Waals surface area contributed by atoms with Gasteiger partial charge in [-0.2, -0.15) is 0 Å². The van der Waals surface area contributed by atoms with Crippen LogP contribution in [0.1, 0.15) is 31.4 Å². The lowest BCUT2D eigenvalue weighted by Crippen LogP contribution is -2.40. The Labute approximate surface area is 122 Å². The lowest BCUT2D eigenvalue weighted by atomic mass is 10.0. The van der Waals surface area contributed by atoms with Crippen LogP contribution in [0, 0.1) is 0 Å². The summed E-state index contributed by atoms with van der Waals surface area (Å²) in [4.78, 5) is 2.10. The molecular weight excluding hydrogens is 250 g/mol. The third-order valence-electron chi connectivity index (χ3n) is 4.07. The molecule has 1 aliphatic heterocycles. The first-order valence-corrected chi connectivity index (χ1v) is 7.39. The Morgan fingerprint density at radius 2 is 2.05 bits per heavy atom. The van der Waals surface area contributed by atoms with Crippen LogP contribution in [0.2, 0.25) is 0 Å². The van der Waals surface area contributed by atoms with Crippen molar-refractivity contribution in [1.29, 1.82) is 0 Å². The number of hydrogen-bond acceptors (Lipinski definition) is 4. The molecule has 0 saturated carbocycles. The minimum atomic E-state index is -0.0308. The third-order valence-corrected chi connectivity index (χ3v) is 4.07. The fourth-order valence-corrected chi connectivity index (χ4v) is 2.66. The predicted octanol–water partition coefficient (Wildman–Crippen LogP) is 1.91. The van der Waals surface area contributed by atoms with E-state index in [4.69, 9.17) is 10.5 Å². The summed E-state index contributed by atoms with van der Waals surface area (Å²) in [5.41, 5.74) is 8.33. The minimum absolute atomic E-state index is 0.0308. The van der Waals surface area contributed by atoms with Gasteiger partial charge in [0.05, 0.1) is 5.60 Å². The van der Waals surface area contributed by atoms with Gasteiger partial charge in [0.1, 0.15) is 0 Å². The maximum Gasteiger partial charge on any atom is 0.0779 e. The molecule has 1 heterocycles. The van der Waals surface area contributed by atoms with Crippen LogP contribution in [-0.2, 0) is 4.74 Å². The van der Waals surface area contributed by atoms with E-state index in [-0.39, 0.29) is 11.6 Å². The van der Waals surface area contributed by atoms with Crippen molar-refractivity contribution in [3.63, 3.8) is 0 Å². The lowest BCUT2D eigenvalue weighted by molar-refractivity contribution is 0.0189. The quantitative estimate of drug-likeness (QED) is 0.834. The summed E-state index contributed by atoms with van der Waals surface area (Å²) in [7, 11) is 4.10. The van der Waals surface area contributed by atoms with Gasteiger partial charge in [-0.15, -0.1) is 0 Å². The van der Waals surface area contributed by atoms with E-state index < -0.39 is 0 Å². The fraction of sp³-hybridized carbons (Fsp3) is 0.625. The summed E-state index contributed by atoms with van der Waals surface area (Å²) in [6, 6.07) is 8.75. The smallest absolute Gasteiger partial charge is 0.0779 e. The number of hydrogen-bond donors (Lipinski definition) is 2. The Morgan fingerprint density at radius 1 is 1.35 bits per heavy atom. The monoisotopic (exact) mass is 277 g/mol. The largest absolute Gasteiger partial charge is 0.378 e. The highest BCUT2D eigenvalue weighted by Crippen LogP contribution is 2.25. The van der Waals surface area contributed by atoms with Crippen molar-refractivity contribution in [3.8, 4) is 0 Å². The Balaban J connectivity index is 1.97. The lowest BCUT2D eigenvalue weighted by Gasteiger charge is -2.27. The summed E-state index contributed by atoms with van der Waals surface area (Å²) in [5, 5.41) is 3.55. The predicted molar refractivity (Wildman–Crippen MR) is 84.2 cm³/mol. The molecule has 20 heavy (non-hydrogen) atoms. The van der Waals surface area contributed by atoms with Gasteiger partial charge in [0.2, 0.25) is 0 Å². The molecule has 1 saturated heterocycles. The first-order valence-electron chi connectivity index (χ1n) is 7.39. The van der Waals surface area contributed by atoms with Gasteiger partial charge in [-0.1, -0.05) is 12.1 Å². The first kappa shape index (κ1) is 15.3. The van der Waals surface area contributed by atoms with Gasteiger partial charge in [0, 0.05) is 45.5 Å². The molecule has 2 rings (SSSR count). The van der Waals surface area contributed by atoms with Crippen LogP contribution in [0.15, 0.2) is 24.3 Å². The fourth-order valence-electron chi connectivity index (χ4n) is 2.66. The number of rotatable bonds is 6. The normalized spacial score (nSPS) is 23.8. The van der Waals surface area contributed by atoms with E-state index in [1.165, 1.54) is 11.3 Å². The summed E-state index contributed by atoms with van der Waals surface area (Å²) in [6.45, 7) is 4.50. The molecular formula is C16H27N3O. The van der Waals surface area contributed by atoms with E-state index in [9.17, 15) is 0 Å². The number of benzene rings is 1. The van der Waals surface area contributed by atoms with Gasteiger partial charge in [0.15, 0.2) is 0 Å². The second kappa shape index (κ2) is 6.57. The number of nitrogens with zero attached hydrogens (tertiary/aromatic N) is 1. The van der Waals surface area contributed by atoms with Crippen molar-refractivity contribution < 1.29 is 4.74 Å². The minimum Gasteiger partial charge on any atom is -0.378 e. The molecule has 2 unspecified atom stereocenters. The second-order valence-corrected chi connectivity index (χ2v) is 6.06. The Hall–Kier alpha value is -1.10. The zero-order valence-electron chi connectivity index (χ0n) is 12.9. The molecule has 1 fully saturated rings. The number of anilines is 1. The van der Waals surface area contributed by atoms with Crippen LogP contribution >= 0.6 is 0 Å². The summed E-state index contributed by atoms with van der Waals surface area (Å²) in [5.74, 6) is 0. The molecule has 3 N–H and O–H groups in total. The molecule has 0 radical (unpaired) electrons. The van der Waals surface area contributed by atoms with Crippen molar-refractivity contribution >= 4 is 5.69 Å². The van der Waals surface area contributed by atoms with Gasteiger partial charge in [-0.05, 0) is 37.5 Å². The molecule has 4 nitrogen and oxygen atoms in total. The van der Waals surface area contributed by atoms with Gasteiger partial charge in [0.25, 0.3) is 0 Å². The molecule has 2 atom stereocenters. The van der Waals surface area contributed by atoms with Gasteiger partial charge < -0.3 is 20.7 Å². The zero-order valence-corrected chi connectivity index (χ0v) is 12.9. The standard InChI is InChI=1S/C16H27N3O/c1-16(9-4-10-20-16)12-18-15(11-17)13-5-7-14(8-6-13)19(2)3/h5-8,15,18H,4,9-12,17H2,1-3H3. The van der Waals surface area contributed by atoms with Crippen LogP contribution in [0.25, 0.3) is 0 Å². The maximum atomic E-state index is 5.92. The molecule has 0 aromatic heterocycles. The average molecular weight is 277 g/mol. The van der Waals surface area contributed by atoms with E-state index in [1.54, 1.807) is 0 Å². The van der Waals surface area contributed by atoms with E-state index in [1.807, 2.05) is 14.1 Å². The van der Waals surface area contributed by atoms with Gasteiger partial charge in [-0.25, -0.2) is 0 Å². The Morgan fingerprint density at radius 3 is 2.55 bits per heavy atom. The van der Waals surface area contributed by atoms with Crippen LogP contribution in [0.4, 0.5) is 5.69 Å². The topological polar surface area (TPSA) is 50.5 Å². The third kappa shape index (κ3) is 3.72. The molecule has 0 aliphatic carbocycles. The van der Waals surface area contributed by atoms with Crippen molar-refractivity contribution in [2.45, 2.75) is 31.4 Å². The van der Waals surface area contributed by atoms with Crippen LogP contribution < -0.4 is 16.0 Å². The van der Waals surface area contributed by atoms with Crippen molar-refractivity contribution in [3.05, 3.63) is 29.8 Å². The van der Waals surface area contributed by atoms with Crippen molar-refractivity contribution in [2.24, 2.45) is 5.73 Å². The van der Waals surface area contributed by atoms with Crippen LogP contribution in [-0.4, -0.2) is 39.4 Å². The highest BCUT2D eigenvalue weighted by Gasteiger charge is 2.30. The van der Waals surface area contributed by atoms with Crippen LogP contribution in [0.5, 0.6) is 0 Å².